The molecule has 10 nitrogen and oxygen atoms in total. The number of nitrogens with one attached hydrogen (secondary N) is 2. The fourth-order valence-corrected chi connectivity index (χ4v) is 2.39. The summed E-state index contributed by atoms with van der Waals surface area (Å²) in [4.78, 5) is 34.1. The van der Waals surface area contributed by atoms with E-state index in [4.69, 9.17) is 10.5 Å². The fraction of sp³-hybridized carbons (Fsp3) is 0.667. The van der Waals surface area contributed by atoms with Crippen LogP contribution in [-0.4, -0.2) is 46.6 Å². The van der Waals surface area contributed by atoms with E-state index in [9.17, 15) is 14.4 Å². The van der Waals surface area contributed by atoms with E-state index in [0.29, 0.717) is 25.1 Å². The maximum absolute atomic E-state index is 12.0. The molecule has 3 amide bonds. The largest absolute Gasteiger partial charge is 0.467 e. The minimum absolute atomic E-state index is 0.102. The van der Waals surface area contributed by atoms with Crippen LogP contribution in [0.5, 0.6) is 0 Å². The number of urea groups is 1. The van der Waals surface area contributed by atoms with Gasteiger partial charge in [0.15, 0.2) is 6.04 Å². The Morgan fingerprint density at radius 2 is 2.04 bits per heavy atom. The van der Waals surface area contributed by atoms with Crippen LogP contribution >= 0.6 is 0 Å². The molecule has 0 aliphatic carbocycles. The maximum Gasteiger partial charge on any atom is 0.330 e. The minimum atomic E-state index is -0.675. The zero-order valence-electron chi connectivity index (χ0n) is 15.0. The molecule has 10 heteroatoms. The molecule has 0 unspecified atom stereocenters. The van der Waals surface area contributed by atoms with E-state index in [1.807, 2.05) is 13.8 Å². The van der Waals surface area contributed by atoms with Crippen molar-refractivity contribution < 1.29 is 19.1 Å². The number of nitrogens with two attached hydrogens (primary N) is 1. The standard InChI is InChI=1S/C15H26N6O4/c1-9(2)13(18-10(3)22)11-8-21(20-19-11)12(14(23)25-4)6-5-7-17-15(16)24/h8-9,12-13H,5-7H2,1-4H3,(H,18,22)(H3,16,17,24)/t12-,13-/m0/s1. The van der Waals surface area contributed by atoms with Gasteiger partial charge in [0, 0.05) is 13.5 Å². The Morgan fingerprint density at radius 1 is 1.36 bits per heavy atom. The Kier molecular flexibility index (Phi) is 7.83. The van der Waals surface area contributed by atoms with E-state index < -0.39 is 18.0 Å². The molecule has 0 aliphatic rings. The van der Waals surface area contributed by atoms with Crippen molar-refractivity contribution in [1.82, 2.24) is 25.6 Å². The van der Waals surface area contributed by atoms with Gasteiger partial charge in [0.25, 0.3) is 0 Å². The summed E-state index contributed by atoms with van der Waals surface area (Å²) < 4.78 is 6.24. The summed E-state index contributed by atoms with van der Waals surface area (Å²) in [5, 5.41) is 13.4. The van der Waals surface area contributed by atoms with Crippen LogP contribution in [0.25, 0.3) is 0 Å². The Hall–Kier alpha value is -2.65. The predicted octanol–water partition coefficient (Wildman–Crippen LogP) is 0.274. The molecule has 0 spiro atoms. The Balaban J connectivity index is 2.89. The zero-order chi connectivity index (χ0) is 19.0. The molecule has 0 fully saturated rings. The van der Waals surface area contributed by atoms with E-state index in [1.54, 1.807) is 6.20 Å². The molecule has 1 rings (SSSR count). The van der Waals surface area contributed by atoms with Crippen molar-refractivity contribution in [2.45, 2.75) is 45.7 Å². The molecular formula is C15H26N6O4. The van der Waals surface area contributed by atoms with Crippen LogP contribution in [0.1, 0.15) is 51.4 Å². The SMILES string of the molecule is COC(=O)[C@H](CCCNC(N)=O)n1cc([C@@H](NC(C)=O)C(C)C)nn1. The van der Waals surface area contributed by atoms with Crippen molar-refractivity contribution in [3.8, 4) is 0 Å². The Labute approximate surface area is 146 Å². The first-order valence-electron chi connectivity index (χ1n) is 8.06. The average molecular weight is 354 g/mol. The summed E-state index contributed by atoms with van der Waals surface area (Å²) in [6.45, 7) is 5.67. The number of hydrogen-bond donors (Lipinski definition) is 3. The van der Waals surface area contributed by atoms with Gasteiger partial charge in [0.1, 0.15) is 5.69 Å². The number of nitrogens with zero attached hydrogens (tertiary/aromatic N) is 3. The molecule has 4 N–H and O–H groups in total. The number of methoxy groups -OCH3 is 1. The van der Waals surface area contributed by atoms with Crippen molar-refractivity contribution in [1.29, 1.82) is 0 Å². The van der Waals surface area contributed by atoms with E-state index in [0.717, 1.165) is 0 Å². The van der Waals surface area contributed by atoms with Gasteiger partial charge in [0.2, 0.25) is 5.91 Å². The lowest BCUT2D eigenvalue weighted by Gasteiger charge is -2.19. The summed E-state index contributed by atoms with van der Waals surface area (Å²) in [6.07, 6.45) is 2.53. The monoisotopic (exact) mass is 354 g/mol. The topological polar surface area (TPSA) is 141 Å². The average Bonchev–Trinajstić information content (AvgIpc) is 3.00. The molecule has 25 heavy (non-hydrogen) atoms. The van der Waals surface area contributed by atoms with Gasteiger partial charge in [0.05, 0.1) is 19.3 Å². The third-order valence-corrected chi connectivity index (χ3v) is 3.62. The fourth-order valence-electron chi connectivity index (χ4n) is 2.39. The summed E-state index contributed by atoms with van der Waals surface area (Å²) in [5.74, 6) is -0.531. The molecule has 0 saturated carbocycles. The predicted molar refractivity (Wildman–Crippen MR) is 89.3 cm³/mol. The first-order chi connectivity index (χ1) is 11.8. The highest BCUT2D eigenvalue weighted by Crippen LogP contribution is 2.22. The number of ether oxygens (including phenoxy) is 1. The van der Waals surface area contributed by atoms with Crippen molar-refractivity contribution in [2.24, 2.45) is 11.7 Å². The normalized spacial score (nSPS) is 13.2. The van der Waals surface area contributed by atoms with Crippen LogP contribution in [0.3, 0.4) is 0 Å². The highest BCUT2D eigenvalue weighted by Gasteiger charge is 2.26. The quantitative estimate of drug-likeness (QED) is 0.429. The van der Waals surface area contributed by atoms with E-state index in [1.165, 1.54) is 18.7 Å². The van der Waals surface area contributed by atoms with Gasteiger partial charge < -0.3 is 21.1 Å². The van der Waals surface area contributed by atoms with E-state index in [-0.39, 0.29) is 17.9 Å². The lowest BCUT2D eigenvalue weighted by atomic mass is 10.0. The van der Waals surface area contributed by atoms with Gasteiger partial charge in [-0.2, -0.15) is 0 Å². The van der Waals surface area contributed by atoms with Gasteiger partial charge in [-0.25, -0.2) is 14.3 Å². The van der Waals surface area contributed by atoms with Gasteiger partial charge in [-0.1, -0.05) is 19.1 Å². The van der Waals surface area contributed by atoms with E-state index in [2.05, 4.69) is 20.9 Å². The lowest BCUT2D eigenvalue weighted by molar-refractivity contribution is -0.145. The van der Waals surface area contributed by atoms with Crippen molar-refractivity contribution in [3.05, 3.63) is 11.9 Å². The second-order valence-electron chi connectivity index (χ2n) is 6.02. The van der Waals surface area contributed by atoms with E-state index >= 15 is 0 Å². The second kappa shape index (κ2) is 9.60. The number of esters is 1. The van der Waals surface area contributed by atoms with Crippen LogP contribution in [0.4, 0.5) is 4.79 Å². The molecule has 2 atom stereocenters. The molecule has 140 valence electrons. The second-order valence-corrected chi connectivity index (χ2v) is 6.02. The highest BCUT2D eigenvalue weighted by molar-refractivity contribution is 5.74. The van der Waals surface area contributed by atoms with Crippen molar-refractivity contribution >= 4 is 17.9 Å². The Bertz CT molecular complexity index is 601. The summed E-state index contributed by atoms with van der Waals surface area (Å²) in [7, 11) is 1.29. The third-order valence-electron chi connectivity index (χ3n) is 3.62. The molecule has 1 aromatic rings. The summed E-state index contributed by atoms with van der Waals surface area (Å²) >= 11 is 0. The van der Waals surface area contributed by atoms with Crippen LogP contribution in [0, 0.1) is 5.92 Å². The molecule has 0 aromatic carbocycles. The maximum atomic E-state index is 12.0. The molecule has 0 bridgehead atoms. The third kappa shape index (κ3) is 6.40. The molecule has 0 aliphatic heterocycles. The lowest BCUT2D eigenvalue weighted by Crippen LogP contribution is -2.31. The van der Waals surface area contributed by atoms with Gasteiger partial charge in [-0.3, -0.25) is 4.79 Å². The molecular weight excluding hydrogens is 328 g/mol. The molecule has 0 saturated heterocycles. The smallest absolute Gasteiger partial charge is 0.330 e. The zero-order valence-corrected chi connectivity index (χ0v) is 15.0. The van der Waals surface area contributed by atoms with Crippen LogP contribution in [0.15, 0.2) is 6.20 Å². The van der Waals surface area contributed by atoms with Crippen LogP contribution < -0.4 is 16.4 Å². The minimum Gasteiger partial charge on any atom is -0.467 e. The molecule has 0 radical (unpaired) electrons. The van der Waals surface area contributed by atoms with Crippen molar-refractivity contribution in [2.75, 3.05) is 13.7 Å². The number of aromatic nitrogens is 3. The summed E-state index contributed by atoms with van der Waals surface area (Å²) in [6, 6.07) is -1.60. The van der Waals surface area contributed by atoms with Gasteiger partial charge in [-0.15, -0.1) is 5.10 Å². The van der Waals surface area contributed by atoms with Crippen LogP contribution in [0.2, 0.25) is 0 Å². The molecule has 1 heterocycles. The highest BCUT2D eigenvalue weighted by atomic mass is 16.5. The molecule has 1 aromatic heterocycles. The van der Waals surface area contributed by atoms with Crippen LogP contribution in [-0.2, 0) is 14.3 Å². The first kappa shape index (κ1) is 20.4. The number of rotatable bonds is 9. The number of amides is 3. The van der Waals surface area contributed by atoms with Crippen molar-refractivity contribution in [3.63, 3.8) is 0 Å². The van der Waals surface area contributed by atoms with Gasteiger partial charge >= 0.3 is 12.0 Å². The first-order valence-corrected chi connectivity index (χ1v) is 8.06. The Morgan fingerprint density at radius 3 is 2.56 bits per heavy atom. The number of hydrogen-bond acceptors (Lipinski definition) is 6. The number of carbonyl (C=O) groups is 3. The van der Waals surface area contributed by atoms with Gasteiger partial charge in [-0.05, 0) is 18.8 Å². The number of carbonyl (C=O) groups excluding carboxylic acids is 3. The number of primary amides is 1. The summed E-state index contributed by atoms with van der Waals surface area (Å²) in [5.41, 5.74) is 5.57.